The Balaban J connectivity index is 2.12. The highest BCUT2D eigenvalue weighted by Crippen LogP contribution is 2.09. The van der Waals surface area contributed by atoms with Gasteiger partial charge < -0.3 is 14.0 Å². The van der Waals surface area contributed by atoms with Gasteiger partial charge in [0.2, 0.25) is 5.88 Å². The maximum Gasteiger partial charge on any atom is 0.256 e. The predicted molar refractivity (Wildman–Crippen MR) is 44.7 cm³/mol. The Hall–Kier alpha value is -1.36. The van der Waals surface area contributed by atoms with Gasteiger partial charge in [0.1, 0.15) is 12.4 Å². The van der Waals surface area contributed by atoms with Gasteiger partial charge in [0, 0.05) is 7.05 Å². The minimum atomic E-state index is -0.120. The lowest BCUT2D eigenvalue weighted by atomic mass is 10.3. The first-order chi connectivity index (χ1) is 6.25. The minimum absolute atomic E-state index is 0.0552. The largest absolute Gasteiger partial charge is 0.469 e. The van der Waals surface area contributed by atoms with Gasteiger partial charge in [-0.05, 0) is 0 Å². The second-order valence-corrected chi connectivity index (χ2v) is 2.95. The van der Waals surface area contributed by atoms with Crippen molar-refractivity contribution >= 4 is 0 Å². The summed E-state index contributed by atoms with van der Waals surface area (Å²) >= 11 is 0. The fourth-order valence-corrected chi connectivity index (χ4v) is 0.962. The third-order valence-electron chi connectivity index (χ3n) is 1.85. The maximum atomic E-state index is 11.1. The van der Waals surface area contributed by atoms with Crippen LogP contribution in [-0.4, -0.2) is 28.9 Å². The quantitative estimate of drug-likeness (QED) is 0.622. The first-order valence-corrected chi connectivity index (χ1v) is 4.03. The van der Waals surface area contributed by atoms with Crippen LogP contribution in [0.25, 0.3) is 0 Å². The van der Waals surface area contributed by atoms with Crippen LogP contribution in [0.4, 0.5) is 0 Å². The second kappa shape index (κ2) is 3.18. The van der Waals surface area contributed by atoms with Gasteiger partial charge in [0.15, 0.2) is 0 Å². The standard InChI is InChI=1S/C8H10N2O3/c1-10-5-9-7(2-8(10)11)13-6-3-12-4-6/h2,5-6H,3-4H2,1H3. The van der Waals surface area contributed by atoms with Gasteiger partial charge >= 0.3 is 0 Å². The molecule has 0 bridgehead atoms. The molecule has 1 aromatic heterocycles. The average Bonchev–Trinajstić information content (AvgIpc) is 2.04. The molecular formula is C8H10N2O3. The van der Waals surface area contributed by atoms with Crippen molar-refractivity contribution in [2.24, 2.45) is 7.05 Å². The fraction of sp³-hybridized carbons (Fsp3) is 0.500. The van der Waals surface area contributed by atoms with Crippen LogP contribution in [0, 0.1) is 0 Å². The molecule has 0 amide bonds. The molecule has 2 heterocycles. The highest BCUT2D eigenvalue weighted by molar-refractivity contribution is 5.06. The lowest BCUT2D eigenvalue weighted by molar-refractivity contribution is -0.0814. The molecule has 1 fully saturated rings. The molecule has 0 saturated carbocycles. The number of ether oxygens (including phenoxy) is 2. The summed E-state index contributed by atoms with van der Waals surface area (Å²) in [7, 11) is 1.64. The molecule has 1 aromatic rings. The van der Waals surface area contributed by atoms with Crippen LogP contribution in [0.2, 0.25) is 0 Å². The third-order valence-corrected chi connectivity index (χ3v) is 1.85. The van der Waals surface area contributed by atoms with E-state index in [-0.39, 0.29) is 11.7 Å². The molecule has 1 aliphatic heterocycles. The number of rotatable bonds is 2. The van der Waals surface area contributed by atoms with E-state index in [1.807, 2.05) is 0 Å². The van der Waals surface area contributed by atoms with Crippen LogP contribution in [-0.2, 0) is 11.8 Å². The highest BCUT2D eigenvalue weighted by atomic mass is 16.6. The third kappa shape index (κ3) is 1.70. The molecule has 1 aliphatic rings. The Bertz CT molecular complexity index is 357. The van der Waals surface area contributed by atoms with Crippen LogP contribution in [0.1, 0.15) is 0 Å². The van der Waals surface area contributed by atoms with Crippen molar-refractivity contribution < 1.29 is 9.47 Å². The van der Waals surface area contributed by atoms with Crippen molar-refractivity contribution in [2.75, 3.05) is 13.2 Å². The van der Waals surface area contributed by atoms with Crippen LogP contribution in [0.3, 0.4) is 0 Å². The van der Waals surface area contributed by atoms with Crippen LogP contribution < -0.4 is 10.3 Å². The zero-order valence-corrected chi connectivity index (χ0v) is 7.27. The molecular weight excluding hydrogens is 172 g/mol. The van der Waals surface area contributed by atoms with Crippen molar-refractivity contribution in [3.05, 3.63) is 22.7 Å². The summed E-state index contributed by atoms with van der Waals surface area (Å²) < 4.78 is 11.7. The van der Waals surface area contributed by atoms with Gasteiger partial charge in [-0.3, -0.25) is 4.79 Å². The number of aromatic nitrogens is 2. The van der Waals surface area contributed by atoms with E-state index in [9.17, 15) is 4.79 Å². The Kier molecular flexibility index (Phi) is 2.02. The molecule has 1 saturated heterocycles. The second-order valence-electron chi connectivity index (χ2n) is 2.95. The van der Waals surface area contributed by atoms with E-state index < -0.39 is 0 Å². The first-order valence-electron chi connectivity index (χ1n) is 4.03. The summed E-state index contributed by atoms with van der Waals surface area (Å²) in [5, 5.41) is 0. The molecule has 0 N–H and O–H groups in total. The topological polar surface area (TPSA) is 53.4 Å². The van der Waals surface area contributed by atoms with Crippen molar-refractivity contribution in [2.45, 2.75) is 6.10 Å². The molecule has 5 nitrogen and oxygen atoms in total. The van der Waals surface area contributed by atoms with Crippen LogP contribution in [0.5, 0.6) is 5.88 Å². The van der Waals surface area contributed by atoms with E-state index in [1.54, 1.807) is 7.05 Å². The highest BCUT2D eigenvalue weighted by Gasteiger charge is 2.20. The SMILES string of the molecule is Cn1cnc(OC2COC2)cc1=O. The van der Waals surface area contributed by atoms with Gasteiger partial charge in [0.25, 0.3) is 5.56 Å². The summed E-state index contributed by atoms with van der Waals surface area (Å²) in [6.45, 7) is 1.16. The van der Waals surface area contributed by atoms with E-state index in [2.05, 4.69) is 4.98 Å². The summed E-state index contributed by atoms with van der Waals surface area (Å²) in [6, 6.07) is 1.37. The lowest BCUT2D eigenvalue weighted by Gasteiger charge is -2.25. The van der Waals surface area contributed by atoms with E-state index in [0.717, 1.165) is 0 Å². The molecule has 0 atom stereocenters. The Morgan fingerprint density at radius 2 is 2.46 bits per heavy atom. The Morgan fingerprint density at radius 3 is 3.00 bits per heavy atom. The lowest BCUT2D eigenvalue weighted by Crippen LogP contribution is -2.39. The molecule has 0 spiro atoms. The molecule has 13 heavy (non-hydrogen) atoms. The van der Waals surface area contributed by atoms with E-state index >= 15 is 0 Å². The number of hydrogen-bond donors (Lipinski definition) is 0. The van der Waals surface area contributed by atoms with Gasteiger partial charge in [0.05, 0.1) is 19.3 Å². The molecule has 5 heteroatoms. The van der Waals surface area contributed by atoms with Gasteiger partial charge in [-0.2, -0.15) is 0 Å². The number of hydrogen-bond acceptors (Lipinski definition) is 4. The zero-order chi connectivity index (χ0) is 9.26. The van der Waals surface area contributed by atoms with Gasteiger partial charge in [-0.25, -0.2) is 4.98 Å². The van der Waals surface area contributed by atoms with Crippen molar-refractivity contribution in [1.29, 1.82) is 0 Å². The van der Waals surface area contributed by atoms with Crippen molar-refractivity contribution in [1.82, 2.24) is 9.55 Å². The molecule has 0 aliphatic carbocycles. The minimum Gasteiger partial charge on any atom is -0.469 e. The van der Waals surface area contributed by atoms with E-state index in [4.69, 9.17) is 9.47 Å². The molecule has 0 unspecified atom stereocenters. The van der Waals surface area contributed by atoms with E-state index in [0.29, 0.717) is 19.1 Å². The molecule has 0 radical (unpaired) electrons. The van der Waals surface area contributed by atoms with Crippen LogP contribution >= 0.6 is 0 Å². The van der Waals surface area contributed by atoms with Crippen molar-refractivity contribution in [3.8, 4) is 5.88 Å². The van der Waals surface area contributed by atoms with Crippen LogP contribution in [0.15, 0.2) is 17.2 Å². The maximum absolute atomic E-state index is 11.1. The van der Waals surface area contributed by atoms with Gasteiger partial charge in [-0.1, -0.05) is 0 Å². The van der Waals surface area contributed by atoms with Crippen molar-refractivity contribution in [3.63, 3.8) is 0 Å². The summed E-state index contributed by atoms with van der Waals surface area (Å²) in [5.41, 5.74) is -0.120. The summed E-state index contributed by atoms with van der Waals surface area (Å²) in [4.78, 5) is 15.1. The normalized spacial score (nSPS) is 16.7. The molecule has 2 rings (SSSR count). The average molecular weight is 182 g/mol. The number of nitrogens with zero attached hydrogens (tertiary/aromatic N) is 2. The first kappa shape index (κ1) is 8.25. The molecule has 70 valence electrons. The fourth-order valence-electron chi connectivity index (χ4n) is 0.962. The number of aryl methyl sites for hydroxylation is 1. The Labute approximate surface area is 74.9 Å². The monoisotopic (exact) mass is 182 g/mol. The van der Waals surface area contributed by atoms with E-state index in [1.165, 1.54) is 17.0 Å². The summed E-state index contributed by atoms with van der Waals surface area (Å²) in [6.07, 6.45) is 1.50. The summed E-state index contributed by atoms with van der Waals surface area (Å²) in [5.74, 6) is 0.372. The molecule has 0 aromatic carbocycles. The predicted octanol–water partition coefficient (Wildman–Crippen LogP) is -0.442. The van der Waals surface area contributed by atoms with Gasteiger partial charge in [-0.15, -0.1) is 0 Å². The Morgan fingerprint density at radius 1 is 1.69 bits per heavy atom. The zero-order valence-electron chi connectivity index (χ0n) is 7.27. The smallest absolute Gasteiger partial charge is 0.256 e.